The first-order valence-corrected chi connectivity index (χ1v) is 7.83. The molecule has 0 aromatic heterocycles. The van der Waals surface area contributed by atoms with E-state index in [2.05, 4.69) is 10.6 Å². The van der Waals surface area contributed by atoms with Gasteiger partial charge in [-0.1, -0.05) is 0 Å². The first kappa shape index (κ1) is 16.6. The van der Waals surface area contributed by atoms with Gasteiger partial charge in [0.15, 0.2) is 0 Å². The molecule has 0 aliphatic heterocycles. The Kier molecular flexibility index (Phi) is 5.27. The van der Waals surface area contributed by atoms with Gasteiger partial charge in [0.2, 0.25) is 0 Å². The summed E-state index contributed by atoms with van der Waals surface area (Å²) in [5.74, 6) is 0.438. The lowest BCUT2D eigenvalue weighted by atomic mass is 9.93. The Morgan fingerprint density at radius 1 is 1.14 bits per heavy atom. The van der Waals surface area contributed by atoms with Crippen LogP contribution in [0.25, 0.3) is 0 Å². The van der Waals surface area contributed by atoms with E-state index in [0.29, 0.717) is 5.75 Å². The number of ether oxygens (including phenoxy) is 1. The van der Waals surface area contributed by atoms with E-state index in [1.165, 1.54) is 12.1 Å². The van der Waals surface area contributed by atoms with Crippen molar-refractivity contribution in [3.63, 3.8) is 0 Å². The maximum absolute atomic E-state index is 12.9. The van der Waals surface area contributed by atoms with E-state index in [1.807, 2.05) is 20.8 Å². The van der Waals surface area contributed by atoms with Crippen molar-refractivity contribution in [2.45, 2.75) is 64.1 Å². The van der Waals surface area contributed by atoms with Crippen LogP contribution >= 0.6 is 0 Å². The minimum absolute atomic E-state index is 0.115. The van der Waals surface area contributed by atoms with Crippen molar-refractivity contribution in [3.05, 3.63) is 30.1 Å². The van der Waals surface area contributed by atoms with Gasteiger partial charge in [0.1, 0.15) is 11.6 Å². The van der Waals surface area contributed by atoms with Crippen molar-refractivity contribution in [2.75, 3.05) is 0 Å². The molecule has 2 N–H and O–H groups in total. The van der Waals surface area contributed by atoms with E-state index < -0.39 is 0 Å². The number of rotatable bonds is 3. The molecule has 1 aliphatic rings. The summed E-state index contributed by atoms with van der Waals surface area (Å²) in [6.07, 6.45) is 3.69. The molecule has 22 heavy (non-hydrogen) atoms. The Balaban J connectivity index is 1.73. The van der Waals surface area contributed by atoms with Crippen LogP contribution in [0.5, 0.6) is 5.75 Å². The lowest BCUT2D eigenvalue weighted by Crippen LogP contribution is -2.50. The number of hydrogen-bond donors (Lipinski definition) is 2. The maximum atomic E-state index is 12.9. The van der Waals surface area contributed by atoms with Crippen molar-refractivity contribution in [1.82, 2.24) is 10.6 Å². The SMILES string of the molecule is CC(C)(C)NC(=O)N[C@H]1CC[C@@H](Oc2ccc(F)cc2)CC1. The van der Waals surface area contributed by atoms with Crippen molar-refractivity contribution in [2.24, 2.45) is 0 Å². The van der Waals surface area contributed by atoms with Crippen LogP contribution in [0.1, 0.15) is 46.5 Å². The standard InChI is InChI=1S/C17H25FN2O2/c1-17(2,3)20-16(21)19-13-6-10-15(11-7-13)22-14-8-4-12(18)5-9-14/h4-5,8-9,13,15H,6-7,10-11H2,1-3H3,(H2,19,20,21)/t13-,15+. The Labute approximate surface area is 131 Å². The van der Waals surface area contributed by atoms with Crippen LogP contribution in [0.3, 0.4) is 0 Å². The summed E-state index contributed by atoms with van der Waals surface area (Å²) >= 11 is 0. The number of urea groups is 1. The van der Waals surface area contributed by atoms with Crippen LogP contribution in [0.2, 0.25) is 0 Å². The third-order valence-corrected chi connectivity index (χ3v) is 3.61. The topological polar surface area (TPSA) is 50.4 Å². The van der Waals surface area contributed by atoms with Gasteiger partial charge in [0, 0.05) is 11.6 Å². The second-order valence-corrected chi connectivity index (χ2v) is 6.89. The van der Waals surface area contributed by atoms with Crippen LogP contribution < -0.4 is 15.4 Å². The number of carbonyl (C=O) groups is 1. The summed E-state index contributed by atoms with van der Waals surface area (Å²) in [5.41, 5.74) is -0.229. The van der Waals surface area contributed by atoms with E-state index in [0.717, 1.165) is 25.7 Å². The first-order chi connectivity index (χ1) is 10.3. The van der Waals surface area contributed by atoms with Gasteiger partial charge in [-0.2, -0.15) is 0 Å². The largest absolute Gasteiger partial charge is 0.490 e. The van der Waals surface area contributed by atoms with Crippen molar-refractivity contribution >= 4 is 6.03 Å². The zero-order valence-electron chi connectivity index (χ0n) is 13.5. The highest BCUT2D eigenvalue weighted by Gasteiger charge is 2.24. The molecular formula is C17H25FN2O2. The molecule has 0 saturated heterocycles. The van der Waals surface area contributed by atoms with Gasteiger partial charge in [-0.25, -0.2) is 9.18 Å². The van der Waals surface area contributed by atoms with E-state index in [4.69, 9.17) is 4.74 Å². The molecule has 0 atom stereocenters. The van der Waals surface area contributed by atoms with Gasteiger partial charge in [-0.05, 0) is 70.7 Å². The molecule has 4 nitrogen and oxygen atoms in total. The predicted octanol–water partition coefficient (Wildman–Crippen LogP) is 3.61. The minimum Gasteiger partial charge on any atom is -0.490 e. The Morgan fingerprint density at radius 2 is 1.73 bits per heavy atom. The quantitative estimate of drug-likeness (QED) is 0.896. The number of halogens is 1. The number of amides is 2. The van der Waals surface area contributed by atoms with E-state index in [9.17, 15) is 9.18 Å². The van der Waals surface area contributed by atoms with Crippen LogP contribution in [0.15, 0.2) is 24.3 Å². The second-order valence-electron chi connectivity index (χ2n) is 6.89. The van der Waals surface area contributed by atoms with Gasteiger partial charge in [0.25, 0.3) is 0 Å². The smallest absolute Gasteiger partial charge is 0.315 e. The average Bonchev–Trinajstić information content (AvgIpc) is 2.41. The van der Waals surface area contributed by atoms with Gasteiger partial charge in [-0.3, -0.25) is 0 Å². The Morgan fingerprint density at radius 3 is 2.27 bits per heavy atom. The second kappa shape index (κ2) is 6.99. The molecule has 0 bridgehead atoms. The fourth-order valence-corrected chi connectivity index (χ4v) is 2.59. The van der Waals surface area contributed by atoms with Crippen molar-refractivity contribution < 1.29 is 13.9 Å². The molecule has 0 unspecified atom stereocenters. The van der Waals surface area contributed by atoms with Gasteiger partial charge < -0.3 is 15.4 Å². The molecule has 0 heterocycles. The minimum atomic E-state index is -0.259. The molecule has 2 rings (SSSR count). The Bertz CT molecular complexity index is 488. The van der Waals surface area contributed by atoms with Crippen LogP contribution in [0.4, 0.5) is 9.18 Å². The van der Waals surface area contributed by atoms with Crippen LogP contribution in [-0.4, -0.2) is 23.7 Å². The normalized spacial score (nSPS) is 22.0. The molecule has 1 aliphatic carbocycles. The molecule has 1 saturated carbocycles. The number of carbonyl (C=O) groups excluding carboxylic acids is 1. The Hall–Kier alpha value is -1.78. The molecule has 1 aromatic carbocycles. The summed E-state index contributed by atoms with van der Waals surface area (Å²) in [6, 6.07) is 6.18. The summed E-state index contributed by atoms with van der Waals surface area (Å²) in [6.45, 7) is 5.88. The fraction of sp³-hybridized carbons (Fsp3) is 0.588. The highest BCUT2D eigenvalue weighted by molar-refractivity contribution is 5.74. The van der Waals surface area contributed by atoms with Gasteiger partial charge >= 0.3 is 6.03 Å². The number of benzene rings is 1. The molecule has 2 amide bonds. The zero-order chi connectivity index (χ0) is 16.2. The number of nitrogens with one attached hydrogen (secondary N) is 2. The lowest BCUT2D eigenvalue weighted by molar-refractivity contribution is 0.139. The molecule has 5 heteroatoms. The molecule has 1 aromatic rings. The molecule has 0 spiro atoms. The van der Waals surface area contributed by atoms with E-state index >= 15 is 0 Å². The maximum Gasteiger partial charge on any atom is 0.315 e. The van der Waals surface area contributed by atoms with Gasteiger partial charge in [-0.15, -0.1) is 0 Å². The predicted molar refractivity (Wildman–Crippen MR) is 84.5 cm³/mol. The first-order valence-electron chi connectivity index (χ1n) is 7.83. The third kappa shape index (κ3) is 5.54. The van der Waals surface area contributed by atoms with Crippen molar-refractivity contribution in [1.29, 1.82) is 0 Å². The third-order valence-electron chi connectivity index (χ3n) is 3.61. The van der Waals surface area contributed by atoms with E-state index in [-0.39, 0.29) is 29.5 Å². The summed E-state index contributed by atoms with van der Waals surface area (Å²) < 4.78 is 18.7. The average molecular weight is 308 g/mol. The lowest BCUT2D eigenvalue weighted by Gasteiger charge is -2.30. The monoisotopic (exact) mass is 308 g/mol. The highest BCUT2D eigenvalue weighted by Crippen LogP contribution is 2.24. The van der Waals surface area contributed by atoms with E-state index in [1.54, 1.807) is 12.1 Å². The molecule has 1 fully saturated rings. The summed E-state index contributed by atoms with van der Waals surface area (Å²) in [4.78, 5) is 11.8. The highest BCUT2D eigenvalue weighted by atomic mass is 19.1. The fourth-order valence-electron chi connectivity index (χ4n) is 2.59. The van der Waals surface area contributed by atoms with Crippen LogP contribution in [0, 0.1) is 5.82 Å². The molecule has 122 valence electrons. The molecule has 0 radical (unpaired) electrons. The van der Waals surface area contributed by atoms with Crippen LogP contribution in [-0.2, 0) is 0 Å². The summed E-state index contributed by atoms with van der Waals surface area (Å²) in [7, 11) is 0. The van der Waals surface area contributed by atoms with Crippen molar-refractivity contribution in [3.8, 4) is 5.75 Å². The number of hydrogen-bond acceptors (Lipinski definition) is 2. The molecular weight excluding hydrogens is 283 g/mol. The zero-order valence-corrected chi connectivity index (χ0v) is 13.5. The summed E-state index contributed by atoms with van der Waals surface area (Å²) in [5, 5.41) is 5.92. The van der Waals surface area contributed by atoms with Gasteiger partial charge in [0.05, 0.1) is 6.10 Å².